The van der Waals surface area contributed by atoms with Crippen LogP contribution in [0.4, 0.5) is 5.82 Å². The van der Waals surface area contributed by atoms with Crippen LogP contribution in [0.25, 0.3) is 0 Å². The fourth-order valence-electron chi connectivity index (χ4n) is 1.75. The number of hydrogen-bond acceptors (Lipinski definition) is 2. The molecule has 3 heteroatoms. The number of halogens is 1. The average Bonchev–Trinajstić information content (AvgIpc) is 2.30. The molecule has 1 aromatic heterocycles. The second kappa shape index (κ2) is 8.51. The largest absolute Gasteiger partial charge is 0.369 e. The van der Waals surface area contributed by atoms with Crippen LogP contribution >= 0.6 is 15.9 Å². The number of nitrogens with one attached hydrogen (secondary N) is 1. The summed E-state index contributed by atoms with van der Waals surface area (Å²) in [6.07, 6.45) is 8.43. The zero-order chi connectivity index (χ0) is 12.5. The maximum Gasteiger partial charge on any atom is 0.140 e. The Kier molecular flexibility index (Phi) is 7.25. The van der Waals surface area contributed by atoms with Gasteiger partial charge >= 0.3 is 0 Å². The van der Waals surface area contributed by atoms with Crippen LogP contribution in [0.3, 0.4) is 0 Å². The maximum absolute atomic E-state index is 4.28. The summed E-state index contributed by atoms with van der Waals surface area (Å²) in [5.41, 5.74) is 0. The molecule has 0 bridgehead atoms. The van der Waals surface area contributed by atoms with Crippen molar-refractivity contribution in [1.82, 2.24) is 4.98 Å². The first-order valence-corrected chi connectivity index (χ1v) is 7.34. The molecular formula is C14H23BrN2. The molecule has 0 amide bonds. The summed E-state index contributed by atoms with van der Waals surface area (Å²) >= 11 is 3.48. The second-order valence-corrected chi connectivity index (χ2v) is 5.71. The number of pyridine rings is 1. The Hall–Kier alpha value is -0.570. The molecule has 17 heavy (non-hydrogen) atoms. The first kappa shape index (κ1) is 14.5. The first-order valence-electron chi connectivity index (χ1n) is 6.54. The summed E-state index contributed by atoms with van der Waals surface area (Å²) in [6, 6.07) is 3.94. The van der Waals surface area contributed by atoms with Crippen molar-refractivity contribution in [3.05, 3.63) is 22.8 Å². The molecule has 0 aliphatic rings. The Labute approximate surface area is 113 Å². The van der Waals surface area contributed by atoms with Crippen molar-refractivity contribution in [3.8, 4) is 0 Å². The van der Waals surface area contributed by atoms with E-state index in [1.165, 1.54) is 32.1 Å². The molecule has 0 unspecified atom stereocenters. The predicted octanol–water partition coefficient (Wildman–Crippen LogP) is 4.86. The number of aromatic nitrogens is 1. The van der Waals surface area contributed by atoms with Gasteiger partial charge in [0.05, 0.1) is 4.47 Å². The van der Waals surface area contributed by atoms with Crippen molar-refractivity contribution < 1.29 is 0 Å². The minimum Gasteiger partial charge on any atom is -0.369 e. The fourth-order valence-corrected chi connectivity index (χ4v) is 2.15. The molecule has 0 atom stereocenters. The van der Waals surface area contributed by atoms with E-state index in [9.17, 15) is 0 Å². The lowest BCUT2D eigenvalue weighted by Crippen LogP contribution is -2.03. The molecule has 0 aliphatic carbocycles. The van der Waals surface area contributed by atoms with Crippen molar-refractivity contribution >= 4 is 21.7 Å². The van der Waals surface area contributed by atoms with Crippen molar-refractivity contribution in [1.29, 1.82) is 0 Å². The lowest BCUT2D eigenvalue weighted by atomic mass is 10.0. The molecular weight excluding hydrogens is 276 g/mol. The van der Waals surface area contributed by atoms with Crippen molar-refractivity contribution in [2.45, 2.75) is 46.0 Å². The third-order valence-corrected chi connectivity index (χ3v) is 3.40. The minimum atomic E-state index is 0.845. The van der Waals surface area contributed by atoms with Crippen molar-refractivity contribution in [2.24, 2.45) is 5.92 Å². The molecule has 0 fully saturated rings. The third-order valence-electron chi connectivity index (χ3n) is 2.76. The highest BCUT2D eigenvalue weighted by atomic mass is 79.9. The van der Waals surface area contributed by atoms with Gasteiger partial charge in [0.2, 0.25) is 0 Å². The fraction of sp³-hybridized carbons (Fsp3) is 0.643. The van der Waals surface area contributed by atoms with Crippen molar-refractivity contribution in [3.63, 3.8) is 0 Å². The Morgan fingerprint density at radius 2 is 2.00 bits per heavy atom. The normalized spacial score (nSPS) is 10.8. The first-order chi connectivity index (χ1) is 8.20. The summed E-state index contributed by atoms with van der Waals surface area (Å²) in [5, 5.41) is 3.35. The van der Waals surface area contributed by atoms with Gasteiger partial charge < -0.3 is 5.32 Å². The number of unbranched alkanes of at least 4 members (excludes halogenated alkanes) is 3. The van der Waals surface area contributed by atoms with Gasteiger partial charge in [0, 0.05) is 12.7 Å². The predicted molar refractivity (Wildman–Crippen MR) is 78.3 cm³/mol. The highest BCUT2D eigenvalue weighted by Crippen LogP contribution is 2.18. The van der Waals surface area contributed by atoms with Gasteiger partial charge in [-0.1, -0.05) is 39.5 Å². The van der Waals surface area contributed by atoms with E-state index in [1.807, 2.05) is 18.3 Å². The molecule has 0 spiro atoms. The monoisotopic (exact) mass is 298 g/mol. The highest BCUT2D eigenvalue weighted by Gasteiger charge is 1.98. The van der Waals surface area contributed by atoms with Gasteiger partial charge in [-0.3, -0.25) is 0 Å². The van der Waals surface area contributed by atoms with Gasteiger partial charge in [-0.15, -0.1) is 0 Å². The lowest BCUT2D eigenvalue weighted by Gasteiger charge is -2.07. The van der Waals surface area contributed by atoms with Gasteiger partial charge in [0.15, 0.2) is 0 Å². The van der Waals surface area contributed by atoms with Crippen LogP contribution in [-0.4, -0.2) is 11.5 Å². The van der Waals surface area contributed by atoms with Crippen LogP contribution in [0.1, 0.15) is 46.0 Å². The molecule has 1 rings (SSSR count). The molecule has 0 saturated heterocycles. The molecule has 0 radical (unpaired) electrons. The van der Waals surface area contributed by atoms with Gasteiger partial charge in [-0.05, 0) is 40.4 Å². The van der Waals surface area contributed by atoms with Crippen LogP contribution < -0.4 is 5.32 Å². The third kappa shape index (κ3) is 6.67. The summed E-state index contributed by atoms with van der Waals surface area (Å²) in [7, 11) is 0. The van der Waals surface area contributed by atoms with Crippen LogP contribution in [0.5, 0.6) is 0 Å². The van der Waals surface area contributed by atoms with E-state index in [4.69, 9.17) is 0 Å². The van der Waals surface area contributed by atoms with Crippen LogP contribution in [0, 0.1) is 5.92 Å². The molecule has 1 aromatic rings. The standard InChI is InChI=1S/C14H23BrN2/c1-12(2)8-5-3-4-6-10-16-14-13(15)9-7-11-17-14/h7,9,11-12H,3-6,8,10H2,1-2H3,(H,16,17). The lowest BCUT2D eigenvalue weighted by molar-refractivity contribution is 0.523. The molecule has 1 heterocycles. The number of rotatable bonds is 8. The SMILES string of the molecule is CC(C)CCCCCCNc1ncccc1Br. The smallest absolute Gasteiger partial charge is 0.140 e. The van der Waals surface area contributed by atoms with E-state index in [-0.39, 0.29) is 0 Å². The zero-order valence-electron chi connectivity index (χ0n) is 10.9. The van der Waals surface area contributed by atoms with E-state index in [0.29, 0.717) is 0 Å². The summed E-state index contributed by atoms with van der Waals surface area (Å²) in [5.74, 6) is 1.80. The second-order valence-electron chi connectivity index (χ2n) is 4.86. The Bertz CT molecular complexity index is 313. The van der Waals surface area contributed by atoms with E-state index in [1.54, 1.807) is 0 Å². The molecule has 0 aromatic carbocycles. The van der Waals surface area contributed by atoms with Gasteiger partial charge in [0.25, 0.3) is 0 Å². The summed E-state index contributed by atoms with van der Waals surface area (Å²) < 4.78 is 1.04. The van der Waals surface area contributed by atoms with Gasteiger partial charge in [-0.2, -0.15) is 0 Å². The molecule has 0 aliphatic heterocycles. The molecule has 2 nitrogen and oxygen atoms in total. The number of nitrogens with zero attached hydrogens (tertiary/aromatic N) is 1. The van der Waals surface area contributed by atoms with Crippen molar-refractivity contribution in [2.75, 3.05) is 11.9 Å². The molecule has 96 valence electrons. The van der Waals surface area contributed by atoms with E-state index >= 15 is 0 Å². The number of hydrogen-bond donors (Lipinski definition) is 1. The quantitative estimate of drug-likeness (QED) is 0.693. The van der Waals surface area contributed by atoms with Gasteiger partial charge in [0.1, 0.15) is 5.82 Å². The average molecular weight is 299 g/mol. The Balaban J connectivity index is 2.03. The summed E-state index contributed by atoms with van der Waals surface area (Å²) in [6.45, 7) is 5.59. The van der Waals surface area contributed by atoms with E-state index < -0.39 is 0 Å². The maximum atomic E-state index is 4.28. The van der Waals surface area contributed by atoms with Crippen LogP contribution in [0.2, 0.25) is 0 Å². The highest BCUT2D eigenvalue weighted by molar-refractivity contribution is 9.10. The number of anilines is 1. The van der Waals surface area contributed by atoms with Crippen LogP contribution in [0.15, 0.2) is 22.8 Å². The Morgan fingerprint density at radius 3 is 2.71 bits per heavy atom. The van der Waals surface area contributed by atoms with E-state index in [2.05, 4.69) is 40.1 Å². The topological polar surface area (TPSA) is 24.9 Å². The zero-order valence-corrected chi connectivity index (χ0v) is 12.5. The summed E-state index contributed by atoms with van der Waals surface area (Å²) in [4.78, 5) is 4.28. The van der Waals surface area contributed by atoms with E-state index in [0.717, 1.165) is 22.8 Å². The molecule has 1 N–H and O–H groups in total. The van der Waals surface area contributed by atoms with Gasteiger partial charge in [-0.25, -0.2) is 4.98 Å². The Morgan fingerprint density at radius 1 is 1.24 bits per heavy atom. The minimum absolute atomic E-state index is 0.845. The molecule has 0 saturated carbocycles. The van der Waals surface area contributed by atoms with Crippen LogP contribution in [-0.2, 0) is 0 Å².